The second kappa shape index (κ2) is 10.2. The monoisotopic (exact) mass is 503 g/mol. The minimum Gasteiger partial charge on any atom is -0.504 e. The van der Waals surface area contributed by atoms with Crippen molar-refractivity contribution >= 4 is 38.9 Å². The topological polar surface area (TPSA) is 134 Å². The number of ether oxygens (including phenoxy) is 1. The number of nitrogens with one attached hydrogen (secondary N) is 2. The maximum atomic E-state index is 12.9. The molecule has 33 heavy (non-hydrogen) atoms. The normalized spacial score (nSPS) is 26.5. The molecule has 3 N–H and O–H groups in total. The van der Waals surface area contributed by atoms with Gasteiger partial charge in [-0.3, -0.25) is 19.7 Å². The number of sulfonamides is 1. The van der Waals surface area contributed by atoms with Gasteiger partial charge in [-0.25, -0.2) is 8.42 Å². The minimum atomic E-state index is -4.28. The molecule has 0 amide bonds. The van der Waals surface area contributed by atoms with Crippen LogP contribution in [0.25, 0.3) is 0 Å². The molecule has 2 fully saturated rings. The molecular weight excluding hydrogens is 474 g/mol. The van der Waals surface area contributed by atoms with E-state index in [1.54, 1.807) is 6.92 Å². The van der Waals surface area contributed by atoms with Gasteiger partial charge in [-0.2, -0.15) is 0 Å². The van der Waals surface area contributed by atoms with E-state index in [0.717, 1.165) is 12.8 Å². The van der Waals surface area contributed by atoms with Gasteiger partial charge in [0.1, 0.15) is 17.0 Å². The van der Waals surface area contributed by atoms with Crippen LogP contribution in [-0.4, -0.2) is 73.5 Å². The van der Waals surface area contributed by atoms with Crippen LogP contribution in [0, 0.1) is 0 Å². The number of hydrogen-bond acceptors (Lipinski definition) is 9. The van der Waals surface area contributed by atoms with Crippen molar-refractivity contribution < 1.29 is 32.7 Å². The van der Waals surface area contributed by atoms with E-state index in [2.05, 4.69) is 10.6 Å². The smallest absolute Gasteiger partial charge is 0.270 e. The van der Waals surface area contributed by atoms with E-state index in [0.29, 0.717) is 10.9 Å². The standard InChI is InChI=1S/C21H30ClN3O7S/c1-5-13(15-10-7-11(3)32-15)23-16-17(20(28)19(16)27)24-14-9-8-12(22)21(18(14)26)33(29,30)25(6-2)31-4/h8-9,11,13,15-17,23-24,26H,5-7,10H2,1-4H3. The fourth-order valence-electron chi connectivity index (χ4n) is 4.26. The van der Waals surface area contributed by atoms with Gasteiger partial charge in [0, 0.05) is 12.6 Å². The third kappa shape index (κ3) is 4.89. The van der Waals surface area contributed by atoms with Gasteiger partial charge < -0.3 is 15.2 Å². The lowest BCUT2D eigenvalue weighted by atomic mass is 9.81. The first-order valence-corrected chi connectivity index (χ1v) is 12.7. The van der Waals surface area contributed by atoms with Gasteiger partial charge in [-0.1, -0.05) is 23.0 Å². The Labute approximate surface area is 198 Å². The maximum absolute atomic E-state index is 12.9. The second-order valence-electron chi connectivity index (χ2n) is 8.15. The number of phenolic OH excluding ortho intramolecular Hbond substituents is 1. The zero-order valence-electron chi connectivity index (χ0n) is 19.0. The van der Waals surface area contributed by atoms with Crippen molar-refractivity contribution in [3.05, 3.63) is 17.2 Å². The van der Waals surface area contributed by atoms with E-state index in [1.807, 2.05) is 13.8 Å². The summed E-state index contributed by atoms with van der Waals surface area (Å²) in [6.45, 7) is 5.50. The Morgan fingerprint density at radius 1 is 1.24 bits per heavy atom. The number of rotatable bonds is 10. The molecule has 5 atom stereocenters. The molecule has 0 bridgehead atoms. The number of hydroxylamine groups is 1. The number of aromatic hydroxyl groups is 1. The molecule has 3 rings (SSSR count). The number of Topliss-reactive ketones (excluding diaryl/α,β-unsaturated/α-hetero) is 2. The first-order chi connectivity index (χ1) is 15.6. The molecule has 1 saturated carbocycles. The Kier molecular flexibility index (Phi) is 8.03. The summed E-state index contributed by atoms with van der Waals surface area (Å²) in [5.74, 6) is -1.90. The average molecular weight is 504 g/mol. The zero-order valence-corrected chi connectivity index (χ0v) is 20.6. The molecule has 1 aromatic rings. The van der Waals surface area contributed by atoms with Crippen LogP contribution in [0.3, 0.4) is 0 Å². The quantitative estimate of drug-likeness (QED) is 0.248. The summed E-state index contributed by atoms with van der Waals surface area (Å²) >= 11 is 6.08. The summed E-state index contributed by atoms with van der Waals surface area (Å²) in [5, 5.41) is 16.6. The van der Waals surface area contributed by atoms with Crippen molar-refractivity contribution in [1.29, 1.82) is 0 Å². The third-order valence-corrected chi connectivity index (χ3v) is 8.37. The largest absolute Gasteiger partial charge is 0.504 e. The van der Waals surface area contributed by atoms with E-state index in [9.17, 15) is 23.1 Å². The number of carbonyl (C=O) groups excluding carboxylic acids is 2. The predicted octanol–water partition coefficient (Wildman–Crippen LogP) is 1.85. The Bertz CT molecular complexity index is 1020. The Morgan fingerprint density at radius 2 is 1.91 bits per heavy atom. The molecule has 1 aliphatic heterocycles. The van der Waals surface area contributed by atoms with Crippen LogP contribution < -0.4 is 10.6 Å². The Balaban J connectivity index is 1.84. The van der Waals surface area contributed by atoms with Crippen molar-refractivity contribution in [2.24, 2.45) is 0 Å². The van der Waals surface area contributed by atoms with Crippen molar-refractivity contribution in [3.8, 4) is 5.75 Å². The first kappa shape index (κ1) is 25.9. The number of halogens is 1. The molecule has 0 spiro atoms. The number of hydrogen-bond donors (Lipinski definition) is 3. The summed E-state index contributed by atoms with van der Waals surface area (Å²) in [6, 6.07) is 0.707. The van der Waals surface area contributed by atoms with Gasteiger partial charge in [-0.15, -0.1) is 0 Å². The molecule has 1 aromatic carbocycles. The van der Waals surface area contributed by atoms with E-state index < -0.39 is 44.3 Å². The van der Waals surface area contributed by atoms with Crippen LogP contribution in [0.1, 0.15) is 40.0 Å². The van der Waals surface area contributed by atoms with Crippen molar-refractivity contribution in [2.75, 3.05) is 19.0 Å². The average Bonchev–Trinajstić information content (AvgIpc) is 3.20. The molecule has 2 aliphatic rings. The minimum absolute atomic E-state index is 0.0197. The fraction of sp³-hybridized carbons (Fsp3) is 0.619. The summed E-state index contributed by atoms with van der Waals surface area (Å²) in [6.07, 6.45) is 2.55. The maximum Gasteiger partial charge on any atom is 0.270 e. The fourth-order valence-corrected chi connectivity index (χ4v) is 6.11. The van der Waals surface area contributed by atoms with Crippen LogP contribution in [0.5, 0.6) is 5.75 Å². The van der Waals surface area contributed by atoms with Crippen molar-refractivity contribution in [3.63, 3.8) is 0 Å². The molecular formula is C21H30ClN3O7S. The molecule has 184 valence electrons. The highest BCUT2D eigenvalue weighted by atomic mass is 35.5. The lowest BCUT2D eigenvalue weighted by Crippen LogP contribution is -2.69. The highest BCUT2D eigenvalue weighted by Crippen LogP contribution is 2.39. The van der Waals surface area contributed by atoms with Crippen LogP contribution in [0.2, 0.25) is 5.02 Å². The lowest BCUT2D eigenvalue weighted by molar-refractivity contribution is -0.146. The summed E-state index contributed by atoms with van der Waals surface area (Å²) in [7, 11) is -3.10. The zero-order chi connectivity index (χ0) is 24.5. The van der Waals surface area contributed by atoms with Crippen LogP contribution in [-0.2, 0) is 29.2 Å². The van der Waals surface area contributed by atoms with Gasteiger partial charge in [0.15, 0.2) is 5.75 Å². The molecule has 1 aliphatic carbocycles. The lowest BCUT2D eigenvalue weighted by Gasteiger charge is -2.38. The number of anilines is 1. The number of phenols is 1. The third-order valence-electron chi connectivity index (χ3n) is 6.07. The van der Waals surface area contributed by atoms with E-state index in [1.165, 1.54) is 19.2 Å². The summed E-state index contributed by atoms with van der Waals surface area (Å²) in [5.41, 5.74) is -0.0402. The number of ketones is 2. The molecule has 0 aromatic heterocycles. The predicted molar refractivity (Wildman–Crippen MR) is 122 cm³/mol. The van der Waals surface area contributed by atoms with Crippen LogP contribution in [0.4, 0.5) is 5.69 Å². The highest BCUT2D eigenvalue weighted by molar-refractivity contribution is 7.89. The Morgan fingerprint density at radius 3 is 2.45 bits per heavy atom. The second-order valence-corrected chi connectivity index (χ2v) is 10.3. The molecule has 5 unspecified atom stereocenters. The van der Waals surface area contributed by atoms with Crippen molar-refractivity contribution in [1.82, 2.24) is 9.79 Å². The van der Waals surface area contributed by atoms with Gasteiger partial charge in [-0.05, 0) is 45.2 Å². The number of benzene rings is 1. The van der Waals surface area contributed by atoms with Gasteiger partial charge in [0.25, 0.3) is 10.0 Å². The SMILES string of the molecule is CCC(NC1C(=O)C(=O)C1Nc1ccc(Cl)c(S(=O)(=O)N(CC)OC)c1O)C1CCC(C)O1. The number of carbonyl (C=O) groups is 2. The van der Waals surface area contributed by atoms with Gasteiger partial charge in [0.05, 0.1) is 30.0 Å². The molecule has 1 heterocycles. The van der Waals surface area contributed by atoms with E-state index >= 15 is 0 Å². The van der Waals surface area contributed by atoms with Gasteiger partial charge >= 0.3 is 0 Å². The highest BCUT2D eigenvalue weighted by Gasteiger charge is 2.51. The van der Waals surface area contributed by atoms with Gasteiger partial charge in [0.2, 0.25) is 11.6 Å². The van der Waals surface area contributed by atoms with Crippen LogP contribution >= 0.6 is 11.6 Å². The molecule has 10 nitrogen and oxygen atoms in total. The van der Waals surface area contributed by atoms with E-state index in [-0.39, 0.29) is 35.5 Å². The Hall–Kier alpha value is -1.76. The number of nitrogens with zero attached hydrogens (tertiary/aromatic N) is 1. The summed E-state index contributed by atoms with van der Waals surface area (Å²) in [4.78, 5) is 29.0. The molecule has 12 heteroatoms. The first-order valence-electron chi connectivity index (χ1n) is 10.9. The molecule has 0 radical (unpaired) electrons. The van der Waals surface area contributed by atoms with Crippen LogP contribution in [0.15, 0.2) is 17.0 Å². The molecule has 1 saturated heterocycles. The van der Waals surface area contributed by atoms with E-state index in [4.69, 9.17) is 21.2 Å². The summed E-state index contributed by atoms with van der Waals surface area (Å²) < 4.78 is 32.3. The van der Waals surface area contributed by atoms with Crippen molar-refractivity contribution in [2.45, 2.75) is 75.3 Å².